The van der Waals surface area contributed by atoms with Crippen LogP contribution in [0, 0.1) is 0 Å². The molecule has 1 aromatic carbocycles. The largest absolute Gasteiger partial charge is 0.504 e. The van der Waals surface area contributed by atoms with E-state index in [1.165, 1.54) is 30.5 Å². The van der Waals surface area contributed by atoms with Gasteiger partial charge in [-0.1, -0.05) is 18.2 Å². The Morgan fingerprint density at radius 2 is 2.04 bits per heavy atom. The summed E-state index contributed by atoms with van der Waals surface area (Å²) in [5, 5.41) is 10.7. The summed E-state index contributed by atoms with van der Waals surface area (Å²) in [6, 6.07) is 6.70. The van der Waals surface area contributed by atoms with Gasteiger partial charge in [-0.2, -0.15) is 13.2 Å². The highest BCUT2D eigenvalue weighted by molar-refractivity contribution is 7.22. The number of aromatic hydroxyl groups is 1. The maximum absolute atomic E-state index is 13.2. The lowest BCUT2D eigenvalue weighted by Gasteiger charge is -2.10. The average Bonchev–Trinajstić information content (AvgIpc) is 2.99. The predicted octanol–water partition coefficient (Wildman–Crippen LogP) is 4.86. The lowest BCUT2D eigenvalue weighted by Crippen LogP contribution is -2.06. The van der Waals surface area contributed by atoms with Crippen LogP contribution < -0.4 is 0 Å². The molecule has 3 rings (SSSR count). The summed E-state index contributed by atoms with van der Waals surface area (Å²) in [5.41, 5.74) is -1.01. The average molecular weight is 367 g/mol. The van der Waals surface area contributed by atoms with Crippen molar-refractivity contribution in [2.24, 2.45) is 0 Å². The van der Waals surface area contributed by atoms with E-state index in [1.54, 1.807) is 6.92 Å². The van der Waals surface area contributed by atoms with Gasteiger partial charge in [-0.15, -0.1) is 11.3 Å². The second-order valence-corrected chi connectivity index (χ2v) is 6.17. The molecule has 0 atom stereocenters. The summed E-state index contributed by atoms with van der Waals surface area (Å²) in [4.78, 5) is 16.0. The number of esters is 1. The molecule has 0 aliphatic carbocycles. The van der Waals surface area contributed by atoms with E-state index in [1.807, 2.05) is 0 Å². The van der Waals surface area contributed by atoms with Crippen molar-refractivity contribution in [3.63, 3.8) is 0 Å². The number of fused-ring (bicyclic) bond motifs is 1. The van der Waals surface area contributed by atoms with Gasteiger partial charge in [0.15, 0.2) is 11.4 Å². The third-order valence-electron chi connectivity index (χ3n) is 3.50. The Kier molecular flexibility index (Phi) is 4.38. The maximum atomic E-state index is 13.2. The molecule has 0 saturated heterocycles. The van der Waals surface area contributed by atoms with E-state index in [4.69, 9.17) is 4.74 Å². The van der Waals surface area contributed by atoms with E-state index in [9.17, 15) is 23.1 Å². The van der Waals surface area contributed by atoms with Crippen LogP contribution in [0.15, 0.2) is 36.5 Å². The standard InChI is InChI=1S/C17H12F3NO3S/c1-2-24-16(23)13-14(22)15-9(8-21-13)7-12(25-15)10-5-3-4-6-11(10)17(18,19)20/h3-8,22H,2H2,1H3. The number of aromatic nitrogens is 1. The third kappa shape index (κ3) is 3.17. The molecule has 2 heterocycles. The summed E-state index contributed by atoms with van der Waals surface area (Å²) in [5.74, 6) is -1.18. The zero-order chi connectivity index (χ0) is 18.2. The number of carbonyl (C=O) groups excluding carboxylic acids is 1. The number of ether oxygens (including phenoxy) is 1. The summed E-state index contributed by atoms with van der Waals surface area (Å²) < 4.78 is 44.7. The minimum Gasteiger partial charge on any atom is -0.504 e. The van der Waals surface area contributed by atoms with E-state index >= 15 is 0 Å². The molecule has 0 amide bonds. The quantitative estimate of drug-likeness (QED) is 0.672. The summed E-state index contributed by atoms with van der Waals surface area (Å²) in [6.07, 6.45) is -3.17. The van der Waals surface area contributed by atoms with Crippen molar-refractivity contribution in [2.75, 3.05) is 6.61 Å². The number of thiophene rings is 1. The lowest BCUT2D eigenvalue weighted by molar-refractivity contribution is -0.137. The fraction of sp³-hybridized carbons (Fsp3) is 0.176. The Labute approximate surface area is 144 Å². The van der Waals surface area contributed by atoms with E-state index in [0.29, 0.717) is 10.3 Å². The second kappa shape index (κ2) is 6.36. The smallest absolute Gasteiger partial charge is 0.417 e. The maximum Gasteiger partial charge on any atom is 0.417 e. The SMILES string of the molecule is CCOC(=O)c1ncc2cc(-c3ccccc3C(F)(F)F)sc2c1O. The number of carbonyl (C=O) groups is 1. The number of hydrogen-bond donors (Lipinski definition) is 1. The van der Waals surface area contributed by atoms with Crippen molar-refractivity contribution in [1.82, 2.24) is 4.98 Å². The van der Waals surface area contributed by atoms with Crippen molar-refractivity contribution in [1.29, 1.82) is 0 Å². The zero-order valence-electron chi connectivity index (χ0n) is 12.9. The van der Waals surface area contributed by atoms with Gasteiger partial charge in [-0.05, 0) is 19.1 Å². The fourth-order valence-electron chi connectivity index (χ4n) is 2.42. The first kappa shape index (κ1) is 17.2. The van der Waals surface area contributed by atoms with Gasteiger partial charge in [0.25, 0.3) is 0 Å². The predicted molar refractivity (Wildman–Crippen MR) is 87.7 cm³/mol. The number of alkyl halides is 3. The highest BCUT2D eigenvalue weighted by Gasteiger charge is 2.33. The van der Waals surface area contributed by atoms with Gasteiger partial charge >= 0.3 is 12.1 Å². The molecule has 0 unspecified atom stereocenters. The molecule has 0 aliphatic heterocycles. The lowest BCUT2D eigenvalue weighted by atomic mass is 10.1. The van der Waals surface area contributed by atoms with Crippen molar-refractivity contribution < 1.29 is 27.8 Å². The highest BCUT2D eigenvalue weighted by Crippen LogP contribution is 2.43. The van der Waals surface area contributed by atoms with Crippen LogP contribution in [0.1, 0.15) is 23.0 Å². The Bertz CT molecular complexity index is 950. The summed E-state index contributed by atoms with van der Waals surface area (Å²) >= 11 is 0.959. The van der Waals surface area contributed by atoms with Crippen LogP contribution in [0.3, 0.4) is 0 Å². The summed E-state index contributed by atoms with van der Waals surface area (Å²) in [6.45, 7) is 1.73. The van der Waals surface area contributed by atoms with Crippen molar-refractivity contribution >= 4 is 27.4 Å². The number of nitrogens with zero attached hydrogens (tertiary/aromatic N) is 1. The molecule has 25 heavy (non-hydrogen) atoms. The number of hydrogen-bond acceptors (Lipinski definition) is 5. The van der Waals surface area contributed by atoms with Crippen molar-refractivity contribution in [3.05, 3.63) is 47.8 Å². The fourth-order valence-corrected chi connectivity index (χ4v) is 3.53. The Hall–Kier alpha value is -2.61. The Balaban J connectivity index is 2.15. The molecule has 2 aromatic heterocycles. The van der Waals surface area contributed by atoms with Gasteiger partial charge in [-0.25, -0.2) is 9.78 Å². The van der Waals surface area contributed by atoms with Gasteiger partial charge in [0.1, 0.15) is 0 Å². The van der Waals surface area contributed by atoms with Crippen LogP contribution >= 0.6 is 11.3 Å². The molecule has 3 aromatic rings. The van der Waals surface area contributed by atoms with Gasteiger partial charge < -0.3 is 9.84 Å². The molecule has 0 radical (unpaired) electrons. The number of rotatable bonds is 3. The molecule has 0 bridgehead atoms. The topological polar surface area (TPSA) is 59.4 Å². The molecule has 130 valence electrons. The first-order valence-corrected chi connectivity index (χ1v) is 8.09. The van der Waals surface area contributed by atoms with E-state index < -0.39 is 23.5 Å². The molecule has 4 nitrogen and oxygen atoms in total. The molecular weight excluding hydrogens is 355 g/mol. The number of pyridine rings is 1. The van der Waals surface area contributed by atoms with Crippen LogP contribution in [0.25, 0.3) is 20.5 Å². The van der Waals surface area contributed by atoms with E-state index in [-0.39, 0.29) is 22.6 Å². The molecule has 1 N–H and O–H groups in total. The molecule has 0 fully saturated rings. The molecule has 0 aliphatic rings. The third-order valence-corrected chi connectivity index (χ3v) is 4.69. The zero-order valence-corrected chi connectivity index (χ0v) is 13.7. The van der Waals surface area contributed by atoms with Crippen LogP contribution in [-0.2, 0) is 10.9 Å². The highest BCUT2D eigenvalue weighted by atomic mass is 32.1. The van der Waals surface area contributed by atoms with Crippen LogP contribution in [0.4, 0.5) is 13.2 Å². The normalized spacial score (nSPS) is 11.7. The van der Waals surface area contributed by atoms with Gasteiger partial charge in [0.2, 0.25) is 0 Å². The van der Waals surface area contributed by atoms with Crippen molar-refractivity contribution in [3.8, 4) is 16.2 Å². The van der Waals surface area contributed by atoms with E-state index in [2.05, 4.69) is 4.98 Å². The molecule has 8 heteroatoms. The van der Waals surface area contributed by atoms with Crippen LogP contribution in [-0.4, -0.2) is 22.7 Å². The molecular formula is C17H12F3NO3S. The van der Waals surface area contributed by atoms with Gasteiger partial charge in [0, 0.05) is 22.0 Å². The Morgan fingerprint density at radius 1 is 1.32 bits per heavy atom. The molecule has 0 saturated carbocycles. The van der Waals surface area contributed by atoms with Crippen molar-refractivity contribution in [2.45, 2.75) is 13.1 Å². The van der Waals surface area contributed by atoms with Crippen LogP contribution in [0.2, 0.25) is 0 Å². The first-order chi connectivity index (χ1) is 11.8. The van der Waals surface area contributed by atoms with E-state index in [0.717, 1.165) is 17.4 Å². The van der Waals surface area contributed by atoms with Gasteiger partial charge in [-0.3, -0.25) is 0 Å². The minimum atomic E-state index is -4.50. The first-order valence-electron chi connectivity index (χ1n) is 7.28. The second-order valence-electron chi connectivity index (χ2n) is 5.11. The monoisotopic (exact) mass is 367 g/mol. The van der Waals surface area contributed by atoms with Crippen LogP contribution in [0.5, 0.6) is 5.75 Å². The summed E-state index contributed by atoms with van der Waals surface area (Å²) in [7, 11) is 0. The minimum absolute atomic E-state index is 0.00767. The van der Waals surface area contributed by atoms with Gasteiger partial charge in [0.05, 0.1) is 16.9 Å². The number of benzene rings is 1. The Morgan fingerprint density at radius 3 is 2.72 bits per heavy atom. The molecule has 0 spiro atoms. The number of halogens is 3.